The first-order valence-electron chi connectivity index (χ1n) is 7.48. The number of hydrogen-bond acceptors (Lipinski definition) is 3. The van der Waals surface area contributed by atoms with Gasteiger partial charge in [0.25, 0.3) is 0 Å². The Kier molecular flexibility index (Phi) is 5.44. The molecule has 2 N–H and O–H groups in total. The van der Waals surface area contributed by atoms with Crippen LogP contribution in [0.25, 0.3) is 0 Å². The van der Waals surface area contributed by atoms with Crippen LogP contribution in [0.4, 0.5) is 0 Å². The maximum atomic E-state index is 6.28. The number of likely N-dealkylation sites (N-methyl/N-ethyl adjacent to an activating group) is 1. The first-order chi connectivity index (χ1) is 9.61. The topological polar surface area (TPSA) is 32.5 Å². The SMILES string of the molecule is CCN1CCC(CN)(N(C)Cc2ccccc2Cl)CC1. The van der Waals surface area contributed by atoms with Gasteiger partial charge in [-0.2, -0.15) is 0 Å². The van der Waals surface area contributed by atoms with Crippen molar-refractivity contribution in [3.8, 4) is 0 Å². The average Bonchev–Trinajstić information content (AvgIpc) is 2.49. The van der Waals surface area contributed by atoms with Crippen LogP contribution in [-0.4, -0.2) is 48.6 Å². The Morgan fingerprint density at radius 2 is 1.95 bits per heavy atom. The van der Waals surface area contributed by atoms with Crippen LogP contribution in [0.3, 0.4) is 0 Å². The molecule has 0 aromatic heterocycles. The average molecular weight is 296 g/mol. The van der Waals surface area contributed by atoms with Gasteiger partial charge in [0.05, 0.1) is 0 Å². The van der Waals surface area contributed by atoms with Crippen molar-refractivity contribution in [1.29, 1.82) is 0 Å². The van der Waals surface area contributed by atoms with Crippen molar-refractivity contribution in [2.75, 3.05) is 33.2 Å². The lowest BCUT2D eigenvalue weighted by Crippen LogP contribution is -2.57. The summed E-state index contributed by atoms with van der Waals surface area (Å²) in [6.07, 6.45) is 2.27. The van der Waals surface area contributed by atoms with Crippen molar-refractivity contribution in [3.63, 3.8) is 0 Å². The maximum absolute atomic E-state index is 6.28. The number of piperidine rings is 1. The van der Waals surface area contributed by atoms with Gasteiger partial charge in [-0.15, -0.1) is 0 Å². The van der Waals surface area contributed by atoms with E-state index in [0.29, 0.717) is 6.54 Å². The zero-order valence-corrected chi connectivity index (χ0v) is 13.4. The highest BCUT2D eigenvalue weighted by atomic mass is 35.5. The van der Waals surface area contributed by atoms with E-state index in [-0.39, 0.29) is 5.54 Å². The second-order valence-electron chi connectivity index (χ2n) is 5.81. The van der Waals surface area contributed by atoms with E-state index in [4.69, 9.17) is 17.3 Å². The molecule has 4 heteroatoms. The molecular formula is C16H26ClN3. The number of nitrogens with two attached hydrogens (primary N) is 1. The smallest absolute Gasteiger partial charge is 0.0451 e. The third kappa shape index (κ3) is 3.34. The minimum atomic E-state index is 0.116. The van der Waals surface area contributed by atoms with Gasteiger partial charge in [-0.3, -0.25) is 4.90 Å². The number of hydrogen-bond donors (Lipinski definition) is 1. The van der Waals surface area contributed by atoms with E-state index in [1.54, 1.807) is 0 Å². The second-order valence-corrected chi connectivity index (χ2v) is 6.22. The second kappa shape index (κ2) is 6.90. The predicted octanol–water partition coefficient (Wildman–Crippen LogP) is 2.59. The Balaban J connectivity index is 2.06. The van der Waals surface area contributed by atoms with Gasteiger partial charge in [-0.1, -0.05) is 36.7 Å². The van der Waals surface area contributed by atoms with Gasteiger partial charge in [0.15, 0.2) is 0 Å². The summed E-state index contributed by atoms with van der Waals surface area (Å²) in [6.45, 7) is 7.22. The fourth-order valence-electron chi connectivity index (χ4n) is 3.08. The minimum absolute atomic E-state index is 0.116. The van der Waals surface area contributed by atoms with E-state index >= 15 is 0 Å². The van der Waals surface area contributed by atoms with E-state index in [0.717, 1.165) is 44.0 Å². The molecule has 3 nitrogen and oxygen atoms in total. The summed E-state index contributed by atoms with van der Waals surface area (Å²) >= 11 is 6.28. The zero-order chi connectivity index (χ0) is 14.6. The Hall–Kier alpha value is -0.610. The van der Waals surface area contributed by atoms with Gasteiger partial charge < -0.3 is 10.6 Å². The third-order valence-corrected chi connectivity index (χ3v) is 5.16. The molecule has 1 aromatic rings. The molecule has 0 atom stereocenters. The quantitative estimate of drug-likeness (QED) is 0.906. The Labute approximate surface area is 127 Å². The fourth-order valence-corrected chi connectivity index (χ4v) is 3.27. The first-order valence-corrected chi connectivity index (χ1v) is 7.86. The Morgan fingerprint density at radius 3 is 2.50 bits per heavy atom. The number of likely N-dealkylation sites (tertiary alicyclic amines) is 1. The molecule has 0 saturated carbocycles. The molecule has 112 valence electrons. The van der Waals surface area contributed by atoms with Crippen LogP contribution in [0.2, 0.25) is 5.02 Å². The Morgan fingerprint density at radius 1 is 1.30 bits per heavy atom. The molecule has 1 fully saturated rings. The van der Waals surface area contributed by atoms with Crippen molar-refractivity contribution in [2.24, 2.45) is 5.73 Å². The van der Waals surface area contributed by atoms with Crippen LogP contribution in [0.5, 0.6) is 0 Å². The van der Waals surface area contributed by atoms with Crippen molar-refractivity contribution in [2.45, 2.75) is 31.8 Å². The Bertz CT molecular complexity index is 427. The highest BCUT2D eigenvalue weighted by Gasteiger charge is 2.36. The molecule has 1 aliphatic heterocycles. The van der Waals surface area contributed by atoms with E-state index in [1.807, 2.05) is 18.2 Å². The van der Waals surface area contributed by atoms with Gasteiger partial charge in [-0.05, 0) is 51.2 Å². The van der Waals surface area contributed by atoms with Crippen LogP contribution >= 0.6 is 11.6 Å². The van der Waals surface area contributed by atoms with Crippen LogP contribution in [-0.2, 0) is 6.54 Å². The van der Waals surface area contributed by atoms with Gasteiger partial charge in [0.1, 0.15) is 0 Å². The molecule has 1 aliphatic rings. The predicted molar refractivity (Wildman–Crippen MR) is 86.1 cm³/mol. The van der Waals surface area contributed by atoms with Gasteiger partial charge in [-0.25, -0.2) is 0 Å². The van der Waals surface area contributed by atoms with E-state index in [9.17, 15) is 0 Å². The molecule has 0 spiro atoms. The van der Waals surface area contributed by atoms with E-state index in [2.05, 4.69) is 29.8 Å². The third-order valence-electron chi connectivity index (χ3n) is 4.79. The number of nitrogens with zero attached hydrogens (tertiary/aromatic N) is 2. The summed E-state index contributed by atoms with van der Waals surface area (Å²) in [7, 11) is 2.18. The van der Waals surface area contributed by atoms with Crippen LogP contribution < -0.4 is 5.73 Å². The molecule has 1 aromatic carbocycles. The molecular weight excluding hydrogens is 270 g/mol. The number of rotatable bonds is 5. The molecule has 0 bridgehead atoms. The summed E-state index contributed by atoms with van der Waals surface area (Å²) < 4.78 is 0. The number of halogens is 1. The lowest BCUT2D eigenvalue weighted by Gasteiger charge is -2.47. The lowest BCUT2D eigenvalue weighted by molar-refractivity contribution is 0.0419. The normalized spacial score (nSPS) is 19.4. The first kappa shape index (κ1) is 15.8. The summed E-state index contributed by atoms with van der Waals surface area (Å²) in [5.74, 6) is 0. The van der Waals surface area contributed by atoms with E-state index < -0.39 is 0 Å². The van der Waals surface area contributed by atoms with Crippen molar-refractivity contribution < 1.29 is 0 Å². The highest BCUT2D eigenvalue weighted by Crippen LogP contribution is 2.29. The van der Waals surface area contributed by atoms with E-state index in [1.165, 1.54) is 5.56 Å². The summed E-state index contributed by atoms with van der Waals surface area (Å²) in [5.41, 5.74) is 7.42. The largest absolute Gasteiger partial charge is 0.329 e. The van der Waals surface area contributed by atoms with Gasteiger partial charge >= 0.3 is 0 Å². The number of benzene rings is 1. The lowest BCUT2D eigenvalue weighted by atomic mass is 9.85. The van der Waals surface area contributed by atoms with Gasteiger partial charge in [0.2, 0.25) is 0 Å². The zero-order valence-electron chi connectivity index (χ0n) is 12.6. The maximum Gasteiger partial charge on any atom is 0.0451 e. The summed E-state index contributed by atoms with van der Waals surface area (Å²) in [4.78, 5) is 4.90. The van der Waals surface area contributed by atoms with Crippen molar-refractivity contribution in [1.82, 2.24) is 9.80 Å². The molecule has 0 aliphatic carbocycles. The van der Waals surface area contributed by atoms with Crippen molar-refractivity contribution >= 4 is 11.6 Å². The van der Waals surface area contributed by atoms with Crippen LogP contribution in [0, 0.1) is 0 Å². The summed E-state index contributed by atoms with van der Waals surface area (Å²) in [5, 5.41) is 0.845. The fraction of sp³-hybridized carbons (Fsp3) is 0.625. The van der Waals surface area contributed by atoms with Crippen LogP contribution in [0.15, 0.2) is 24.3 Å². The van der Waals surface area contributed by atoms with Gasteiger partial charge in [0, 0.05) is 23.7 Å². The molecule has 0 amide bonds. The molecule has 20 heavy (non-hydrogen) atoms. The highest BCUT2D eigenvalue weighted by molar-refractivity contribution is 6.31. The molecule has 2 rings (SSSR count). The molecule has 1 saturated heterocycles. The summed E-state index contributed by atoms with van der Waals surface area (Å²) in [6, 6.07) is 8.08. The monoisotopic (exact) mass is 295 g/mol. The van der Waals surface area contributed by atoms with Crippen LogP contribution in [0.1, 0.15) is 25.3 Å². The molecule has 1 heterocycles. The van der Waals surface area contributed by atoms with Crippen molar-refractivity contribution in [3.05, 3.63) is 34.9 Å². The molecule has 0 unspecified atom stereocenters. The molecule has 0 radical (unpaired) electrons. The minimum Gasteiger partial charge on any atom is -0.329 e. The standard InChI is InChI=1S/C16H26ClN3/c1-3-20-10-8-16(13-18,9-11-20)19(2)12-14-6-4-5-7-15(14)17/h4-7H,3,8-13,18H2,1-2H3.